The highest BCUT2D eigenvalue weighted by Gasteiger charge is 2.39. The molecular formula is C22H18F3NO6S. The number of sulfonamides is 1. The number of carboxylic acid groups (broad SMARTS) is 1. The predicted molar refractivity (Wildman–Crippen MR) is 111 cm³/mol. The standard InChI is InChI=1S/C22H18F3NO6S/c23-22(24,25)17-12-20(27)32-19-8-5-14(11-16(17)19)10-13-3-6-15(7-4-13)33(30,31)26-9-1-2-18(26)21(28)29/h3-8,11-12,18H,1-2,9-10H2,(H,28,29). The van der Waals surface area contributed by atoms with E-state index in [1.54, 1.807) is 0 Å². The molecule has 0 aliphatic carbocycles. The highest BCUT2D eigenvalue weighted by molar-refractivity contribution is 7.89. The lowest BCUT2D eigenvalue weighted by Crippen LogP contribution is -2.40. The van der Waals surface area contributed by atoms with Gasteiger partial charge in [-0.3, -0.25) is 4.79 Å². The second-order valence-electron chi connectivity index (χ2n) is 7.74. The molecule has 0 amide bonds. The van der Waals surface area contributed by atoms with Gasteiger partial charge in [0, 0.05) is 18.0 Å². The Kier molecular flexibility index (Phi) is 5.79. The molecule has 0 bridgehead atoms. The van der Waals surface area contributed by atoms with Crippen LogP contribution in [0.4, 0.5) is 13.2 Å². The van der Waals surface area contributed by atoms with Crippen molar-refractivity contribution in [3.63, 3.8) is 0 Å². The van der Waals surface area contributed by atoms with E-state index in [2.05, 4.69) is 0 Å². The molecule has 2 aromatic carbocycles. The fraction of sp³-hybridized carbons (Fsp3) is 0.273. The van der Waals surface area contributed by atoms with Gasteiger partial charge in [-0.15, -0.1) is 0 Å². The predicted octanol–water partition coefficient (Wildman–Crippen LogP) is 3.64. The van der Waals surface area contributed by atoms with E-state index in [4.69, 9.17) is 4.42 Å². The van der Waals surface area contributed by atoms with E-state index in [1.165, 1.54) is 42.5 Å². The van der Waals surface area contributed by atoms with Crippen molar-refractivity contribution in [2.45, 2.75) is 36.4 Å². The van der Waals surface area contributed by atoms with E-state index in [0.29, 0.717) is 23.6 Å². The summed E-state index contributed by atoms with van der Waals surface area (Å²) in [6, 6.07) is 9.17. The number of hydrogen-bond acceptors (Lipinski definition) is 5. The highest BCUT2D eigenvalue weighted by atomic mass is 32.2. The molecule has 174 valence electrons. The first kappa shape index (κ1) is 23.0. The van der Waals surface area contributed by atoms with Gasteiger partial charge in [0.05, 0.1) is 10.5 Å². The van der Waals surface area contributed by atoms with Crippen LogP contribution in [0.25, 0.3) is 11.0 Å². The monoisotopic (exact) mass is 481 g/mol. The molecule has 2 heterocycles. The Labute approximate surface area is 186 Å². The summed E-state index contributed by atoms with van der Waals surface area (Å²) in [6.45, 7) is 0.121. The maximum atomic E-state index is 13.3. The number of benzene rings is 2. The van der Waals surface area contributed by atoms with Gasteiger partial charge in [0.25, 0.3) is 0 Å². The Bertz CT molecular complexity index is 1380. The van der Waals surface area contributed by atoms with Crippen molar-refractivity contribution in [1.29, 1.82) is 0 Å². The Morgan fingerprint density at radius 1 is 1.09 bits per heavy atom. The van der Waals surface area contributed by atoms with E-state index >= 15 is 0 Å². The minimum absolute atomic E-state index is 0.0564. The Morgan fingerprint density at radius 3 is 2.39 bits per heavy atom. The molecule has 0 spiro atoms. The third-order valence-electron chi connectivity index (χ3n) is 5.54. The van der Waals surface area contributed by atoms with Crippen LogP contribution in [0.5, 0.6) is 0 Å². The first-order chi connectivity index (χ1) is 15.5. The van der Waals surface area contributed by atoms with Crippen LogP contribution in [-0.2, 0) is 27.4 Å². The summed E-state index contributed by atoms with van der Waals surface area (Å²) in [6.07, 6.45) is -3.83. The fourth-order valence-electron chi connectivity index (χ4n) is 3.98. The van der Waals surface area contributed by atoms with Gasteiger partial charge in [0.2, 0.25) is 10.0 Å². The van der Waals surface area contributed by atoms with Crippen molar-refractivity contribution in [1.82, 2.24) is 4.31 Å². The van der Waals surface area contributed by atoms with E-state index in [1.807, 2.05) is 0 Å². The first-order valence-electron chi connectivity index (χ1n) is 9.94. The summed E-state index contributed by atoms with van der Waals surface area (Å²) >= 11 is 0. The zero-order valence-corrected chi connectivity index (χ0v) is 17.8. The van der Waals surface area contributed by atoms with Gasteiger partial charge in [-0.2, -0.15) is 17.5 Å². The molecule has 7 nitrogen and oxygen atoms in total. The molecule has 1 unspecified atom stereocenters. The van der Waals surface area contributed by atoms with Crippen LogP contribution in [0, 0.1) is 0 Å². The molecule has 4 rings (SSSR count). The third-order valence-corrected chi connectivity index (χ3v) is 7.46. The van der Waals surface area contributed by atoms with Crippen LogP contribution in [0.3, 0.4) is 0 Å². The van der Waals surface area contributed by atoms with E-state index < -0.39 is 39.4 Å². The molecule has 33 heavy (non-hydrogen) atoms. The number of rotatable bonds is 5. The van der Waals surface area contributed by atoms with E-state index in [0.717, 1.165) is 4.31 Å². The average molecular weight is 481 g/mol. The molecule has 1 N–H and O–H groups in total. The summed E-state index contributed by atoms with van der Waals surface area (Å²) in [5, 5.41) is 9.02. The van der Waals surface area contributed by atoms with Gasteiger partial charge in [-0.1, -0.05) is 18.2 Å². The zero-order valence-electron chi connectivity index (χ0n) is 17.0. The molecule has 1 fully saturated rings. The lowest BCUT2D eigenvalue weighted by atomic mass is 10.0. The van der Waals surface area contributed by atoms with Crippen LogP contribution < -0.4 is 5.63 Å². The normalized spacial score (nSPS) is 17.5. The van der Waals surface area contributed by atoms with Crippen molar-refractivity contribution in [3.05, 3.63) is 75.6 Å². The molecule has 1 saturated heterocycles. The quantitative estimate of drug-likeness (QED) is 0.558. The molecule has 0 radical (unpaired) electrons. The molecule has 3 aromatic rings. The number of nitrogens with zero attached hydrogens (tertiary/aromatic N) is 1. The van der Waals surface area contributed by atoms with Crippen LogP contribution in [0.2, 0.25) is 0 Å². The topological polar surface area (TPSA) is 105 Å². The molecular weight excluding hydrogens is 463 g/mol. The Hall–Kier alpha value is -3.18. The average Bonchev–Trinajstić information content (AvgIpc) is 3.24. The zero-order chi connectivity index (χ0) is 24.0. The van der Waals surface area contributed by atoms with Crippen molar-refractivity contribution < 1.29 is 35.9 Å². The lowest BCUT2D eigenvalue weighted by molar-refractivity contribution is -0.140. The second kappa shape index (κ2) is 8.31. The van der Waals surface area contributed by atoms with Crippen LogP contribution in [0.15, 0.2) is 62.6 Å². The van der Waals surface area contributed by atoms with Crippen LogP contribution >= 0.6 is 0 Å². The maximum Gasteiger partial charge on any atom is 0.417 e. The maximum absolute atomic E-state index is 13.3. The van der Waals surface area contributed by atoms with Gasteiger partial charge < -0.3 is 9.52 Å². The van der Waals surface area contributed by atoms with Gasteiger partial charge in [0.1, 0.15) is 11.6 Å². The van der Waals surface area contributed by atoms with Crippen LogP contribution in [-0.4, -0.2) is 36.4 Å². The number of carbonyl (C=O) groups is 1. The molecule has 1 atom stereocenters. The Morgan fingerprint density at radius 2 is 1.76 bits per heavy atom. The fourth-order valence-corrected chi connectivity index (χ4v) is 5.63. The first-order valence-corrected chi connectivity index (χ1v) is 11.4. The lowest BCUT2D eigenvalue weighted by Gasteiger charge is -2.21. The van der Waals surface area contributed by atoms with E-state index in [9.17, 15) is 36.3 Å². The van der Waals surface area contributed by atoms with Crippen molar-refractivity contribution in [2.75, 3.05) is 6.54 Å². The van der Waals surface area contributed by atoms with Gasteiger partial charge in [0.15, 0.2) is 0 Å². The Balaban J connectivity index is 1.61. The van der Waals surface area contributed by atoms with Gasteiger partial charge in [-0.05, 0) is 54.7 Å². The van der Waals surface area contributed by atoms with E-state index in [-0.39, 0.29) is 35.3 Å². The highest BCUT2D eigenvalue weighted by Crippen LogP contribution is 2.34. The van der Waals surface area contributed by atoms with Crippen LogP contribution in [0.1, 0.15) is 29.5 Å². The third kappa shape index (κ3) is 4.51. The summed E-state index contributed by atoms with van der Waals surface area (Å²) in [5.41, 5.74) is -1.23. The van der Waals surface area contributed by atoms with Crippen molar-refractivity contribution in [3.8, 4) is 0 Å². The van der Waals surface area contributed by atoms with Crippen molar-refractivity contribution in [2.24, 2.45) is 0 Å². The number of alkyl halides is 3. The molecule has 1 aliphatic rings. The number of halogens is 3. The minimum Gasteiger partial charge on any atom is -0.480 e. The summed E-state index contributed by atoms with van der Waals surface area (Å²) in [5.74, 6) is -1.20. The van der Waals surface area contributed by atoms with Crippen molar-refractivity contribution >= 4 is 27.0 Å². The number of hydrogen-bond donors (Lipinski definition) is 1. The molecule has 0 saturated carbocycles. The SMILES string of the molecule is O=C(O)C1CCCN1S(=O)(=O)c1ccc(Cc2ccc3oc(=O)cc(C(F)(F)F)c3c2)cc1. The summed E-state index contributed by atoms with van der Waals surface area (Å²) in [7, 11) is -3.99. The van der Waals surface area contributed by atoms with Gasteiger partial charge in [-0.25, -0.2) is 13.2 Å². The number of carboxylic acids is 1. The molecule has 1 aliphatic heterocycles. The molecule has 1 aromatic heterocycles. The largest absolute Gasteiger partial charge is 0.480 e. The number of aliphatic carboxylic acids is 1. The number of fused-ring (bicyclic) bond motifs is 1. The van der Waals surface area contributed by atoms with Gasteiger partial charge >= 0.3 is 17.8 Å². The molecule has 11 heteroatoms. The second-order valence-corrected chi connectivity index (χ2v) is 9.63. The summed E-state index contributed by atoms with van der Waals surface area (Å²) in [4.78, 5) is 22.7. The summed E-state index contributed by atoms with van der Waals surface area (Å²) < 4.78 is 71.5. The smallest absolute Gasteiger partial charge is 0.417 e. The minimum atomic E-state index is -4.73.